The van der Waals surface area contributed by atoms with Crippen LogP contribution >= 0.6 is 15.9 Å². The highest BCUT2D eigenvalue weighted by Gasteiger charge is 2.21. The topological polar surface area (TPSA) is 55.1 Å². The standard InChI is InChI=1S/C9H9BrN2O/c10-5-1-2-6-7(11)4-9(13)12-8(6)3-5/h1-3,7H,4,11H2,(H,12,13). The third-order valence-corrected chi connectivity index (χ3v) is 2.59. The highest BCUT2D eigenvalue weighted by atomic mass is 79.9. The molecule has 4 heteroatoms. The molecule has 1 aromatic carbocycles. The number of hydrogen-bond acceptors (Lipinski definition) is 2. The third-order valence-electron chi connectivity index (χ3n) is 2.09. The van der Waals surface area contributed by atoms with Gasteiger partial charge in [0, 0.05) is 22.6 Å². The highest BCUT2D eigenvalue weighted by Crippen LogP contribution is 2.30. The maximum Gasteiger partial charge on any atom is 0.226 e. The van der Waals surface area contributed by atoms with Crippen LogP contribution in [0.1, 0.15) is 18.0 Å². The summed E-state index contributed by atoms with van der Waals surface area (Å²) in [5, 5.41) is 2.78. The molecule has 2 rings (SSSR count). The minimum atomic E-state index is -0.170. The molecule has 1 aromatic rings. The number of halogens is 1. The van der Waals surface area contributed by atoms with E-state index < -0.39 is 0 Å². The van der Waals surface area contributed by atoms with Crippen molar-refractivity contribution < 1.29 is 4.79 Å². The van der Waals surface area contributed by atoms with E-state index in [0.717, 1.165) is 15.7 Å². The Bertz CT molecular complexity index is 365. The van der Waals surface area contributed by atoms with Gasteiger partial charge < -0.3 is 11.1 Å². The predicted molar refractivity (Wildman–Crippen MR) is 54.3 cm³/mol. The van der Waals surface area contributed by atoms with Crippen LogP contribution in [-0.4, -0.2) is 5.91 Å². The van der Waals surface area contributed by atoms with Crippen LogP contribution in [0.15, 0.2) is 22.7 Å². The van der Waals surface area contributed by atoms with Gasteiger partial charge in [0.25, 0.3) is 0 Å². The summed E-state index contributed by atoms with van der Waals surface area (Å²) in [4.78, 5) is 11.1. The molecule has 68 valence electrons. The fourth-order valence-electron chi connectivity index (χ4n) is 1.47. The van der Waals surface area contributed by atoms with Crippen molar-refractivity contribution in [2.24, 2.45) is 5.73 Å². The van der Waals surface area contributed by atoms with E-state index in [9.17, 15) is 4.79 Å². The van der Waals surface area contributed by atoms with Crippen LogP contribution in [-0.2, 0) is 4.79 Å². The van der Waals surface area contributed by atoms with Gasteiger partial charge in [0.05, 0.1) is 0 Å². The van der Waals surface area contributed by atoms with Crippen LogP contribution in [0.4, 0.5) is 5.69 Å². The molecule has 1 amide bonds. The van der Waals surface area contributed by atoms with E-state index in [1.165, 1.54) is 0 Å². The lowest BCUT2D eigenvalue weighted by atomic mass is 9.98. The van der Waals surface area contributed by atoms with Crippen molar-refractivity contribution in [3.05, 3.63) is 28.2 Å². The molecule has 0 saturated carbocycles. The summed E-state index contributed by atoms with van der Waals surface area (Å²) in [6, 6.07) is 5.56. The SMILES string of the molecule is NC1CC(=O)Nc2cc(Br)ccc21. The molecule has 0 spiro atoms. The third kappa shape index (κ3) is 1.59. The Hall–Kier alpha value is -0.870. The molecule has 0 radical (unpaired) electrons. The van der Waals surface area contributed by atoms with Crippen molar-refractivity contribution in [1.82, 2.24) is 0 Å². The number of amides is 1. The van der Waals surface area contributed by atoms with E-state index >= 15 is 0 Å². The van der Waals surface area contributed by atoms with E-state index in [0.29, 0.717) is 6.42 Å². The number of rotatable bonds is 0. The molecule has 0 aliphatic carbocycles. The summed E-state index contributed by atoms with van der Waals surface area (Å²) < 4.78 is 0.945. The van der Waals surface area contributed by atoms with Crippen LogP contribution in [0.3, 0.4) is 0 Å². The Morgan fingerprint density at radius 3 is 3.08 bits per heavy atom. The first-order chi connectivity index (χ1) is 6.16. The van der Waals surface area contributed by atoms with Gasteiger partial charge in [-0.05, 0) is 17.7 Å². The fraction of sp³-hybridized carbons (Fsp3) is 0.222. The quantitative estimate of drug-likeness (QED) is 0.727. The Balaban J connectivity index is 2.49. The first-order valence-corrected chi connectivity index (χ1v) is 4.81. The van der Waals surface area contributed by atoms with Crippen molar-refractivity contribution in [2.75, 3.05) is 5.32 Å². The van der Waals surface area contributed by atoms with E-state index in [4.69, 9.17) is 5.73 Å². The van der Waals surface area contributed by atoms with Gasteiger partial charge in [-0.2, -0.15) is 0 Å². The molecule has 13 heavy (non-hydrogen) atoms. The van der Waals surface area contributed by atoms with E-state index in [2.05, 4.69) is 21.2 Å². The van der Waals surface area contributed by atoms with Crippen LogP contribution in [0.25, 0.3) is 0 Å². The zero-order chi connectivity index (χ0) is 9.42. The first-order valence-electron chi connectivity index (χ1n) is 4.01. The first kappa shape index (κ1) is 8.72. The maximum absolute atomic E-state index is 11.1. The fourth-order valence-corrected chi connectivity index (χ4v) is 1.83. The molecule has 1 aliphatic rings. The molecular formula is C9H9BrN2O. The zero-order valence-corrected chi connectivity index (χ0v) is 8.47. The Morgan fingerprint density at radius 2 is 2.31 bits per heavy atom. The van der Waals surface area contributed by atoms with Crippen molar-refractivity contribution in [2.45, 2.75) is 12.5 Å². The van der Waals surface area contributed by atoms with Gasteiger partial charge in [0.1, 0.15) is 0 Å². The Labute approximate surface area is 84.4 Å². The minimum Gasteiger partial charge on any atom is -0.326 e. The summed E-state index contributed by atoms with van der Waals surface area (Å²) in [5.41, 5.74) is 7.63. The average molecular weight is 241 g/mol. The molecule has 3 N–H and O–H groups in total. The Morgan fingerprint density at radius 1 is 1.54 bits per heavy atom. The average Bonchev–Trinajstić information content (AvgIpc) is 2.02. The normalized spacial score (nSPS) is 20.8. The number of carbonyl (C=O) groups excluding carboxylic acids is 1. The lowest BCUT2D eigenvalue weighted by Gasteiger charge is -2.22. The number of hydrogen-bond donors (Lipinski definition) is 2. The molecule has 1 atom stereocenters. The zero-order valence-electron chi connectivity index (χ0n) is 6.88. The van der Waals surface area contributed by atoms with E-state index in [1.54, 1.807) is 0 Å². The minimum absolute atomic E-state index is 0.0156. The monoisotopic (exact) mass is 240 g/mol. The molecule has 1 heterocycles. The molecule has 0 fully saturated rings. The van der Waals surface area contributed by atoms with Crippen molar-refractivity contribution in [3.63, 3.8) is 0 Å². The van der Waals surface area contributed by atoms with Crippen molar-refractivity contribution in [3.8, 4) is 0 Å². The molecular weight excluding hydrogens is 232 g/mol. The lowest BCUT2D eigenvalue weighted by Crippen LogP contribution is -2.27. The van der Waals surface area contributed by atoms with Crippen LogP contribution in [0, 0.1) is 0 Å². The van der Waals surface area contributed by atoms with Gasteiger partial charge in [-0.3, -0.25) is 4.79 Å². The van der Waals surface area contributed by atoms with Crippen molar-refractivity contribution in [1.29, 1.82) is 0 Å². The van der Waals surface area contributed by atoms with Gasteiger partial charge in [-0.1, -0.05) is 22.0 Å². The number of benzene rings is 1. The molecule has 3 nitrogen and oxygen atoms in total. The maximum atomic E-state index is 11.1. The summed E-state index contributed by atoms with van der Waals surface area (Å²) in [5.74, 6) is -0.0156. The highest BCUT2D eigenvalue weighted by molar-refractivity contribution is 9.10. The predicted octanol–water partition coefficient (Wildman–Crippen LogP) is 1.79. The van der Waals surface area contributed by atoms with Crippen molar-refractivity contribution >= 4 is 27.5 Å². The molecule has 0 bridgehead atoms. The largest absolute Gasteiger partial charge is 0.326 e. The molecule has 1 aliphatic heterocycles. The van der Waals surface area contributed by atoms with E-state index in [1.807, 2.05) is 18.2 Å². The van der Waals surface area contributed by atoms with E-state index in [-0.39, 0.29) is 11.9 Å². The van der Waals surface area contributed by atoms with Gasteiger partial charge >= 0.3 is 0 Å². The molecule has 1 unspecified atom stereocenters. The Kier molecular flexibility index (Phi) is 2.09. The summed E-state index contributed by atoms with van der Waals surface area (Å²) in [7, 11) is 0. The van der Waals surface area contributed by atoms with Gasteiger partial charge in [0.15, 0.2) is 0 Å². The number of fused-ring (bicyclic) bond motifs is 1. The van der Waals surface area contributed by atoms with Gasteiger partial charge in [-0.15, -0.1) is 0 Å². The number of carbonyl (C=O) groups is 1. The van der Waals surface area contributed by atoms with Gasteiger partial charge in [0.2, 0.25) is 5.91 Å². The van der Waals surface area contributed by atoms with Crippen LogP contribution in [0.5, 0.6) is 0 Å². The smallest absolute Gasteiger partial charge is 0.226 e. The second-order valence-electron chi connectivity index (χ2n) is 3.09. The van der Waals surface area contributed by atoms with Crippen LogP contribution < -0.4 is 11.1 Å². The second-order valence-corrected chi connectivity index (χ2v) is 4.01. The second kappa shape index (κ2) is 3.12. The van der Waals surface area contributed by atoms with Crippen LogP contribution in [0.2, 0.25) is 0 Å². The number of anilines is 1. The number of nitrogens with one attached hydrogen (secondary N) is 1. The number of nitrogens with two attached hydrogens (primary N) is 1. The molecule has 0 saturated heterocycles. The molecule has 0 aromatic heterocycles. The summed E-state index contributed by atoms with van der Waals surface area (Å²) in [6.45, 7) is 0. The lowest BCUT2D eigenvalue weighted by molar-refractivity contribution is -0.116. The summed E-state index contributed by atoms with van der Waals surface area (Å²) >= 11 is 3.34. The van der Waals surface area contributed by atoms with Gasteiger partial charge in [-0.25, -0.2) is 0 Å². The summed E-state index contributed by atoms with van der Waals surface area (Å²) in [6.07, 6.45) is 0.370.